The number of benzene rings is 1. The van der Waals surface area contributed by atoms with Crippen molar-refractivity contribution in [2.75, 3.05) is 0 Å². The quantitative estimate of drug-likeness (QED) is 0.828. The molecule has 2 fully saturated rings. The van der Waals surface area contributed by atoms with Crippen molar-refractivity contribution in [3.05, 3.63) is 28.5 Å². The zero-order valence-corrected chi connectivity index (χ0v) is 11.9. The van der Waals surface area contributed by atoms with Crippen molar-refractivity contribution in [2.45, 2.75) is 32.2 Å². The second-order valence-electron chi connectivity index (χ2n) is 6.14. The SMILES string of the molecule is Fc1ccc2[nH]c(=S)n(CC(C3CC3)C3CC3)c2c1F. The van der Waals surface area contributed by atoms with E-state index in [1.807, 2.05) is 0 Å². The molecule has 1 N–H and O–H groups in total. The van der Waals surface area contributed by atoms with Crippen LogP contribution < -0.4 is 0 Å². The van der Waals surface area contributed by atoms with Gasteiger partial charge in [0.05, 0.1) is 5.52 Å². The Morgan fingerprint density at radius 3 is 2.45 bits per heavy atom. The van der Waals surface area contributed by atoms with Crippen molar-refractivity contribution in [1.82, 2.24) is 9.55 Å². The maximum Gasteiger partial charge on any atom is 0.184 e. The molecule has 1 aromatic carbocycles. The van der Waals surface area contributed by atoms with Crippen molar-refractivity contribution < 1.29 is 8.78 Å². The van der Waals surface area contributed by atoms with Gasteiger partial charge in [0, 0.05) is 6.54 Å². The van der Waals surface area contributed by atoms with Crippen LogP contribution >= 0.6 is 12.2 Å². The van der Waals surface area contributed by atoms with Crippen LogP contribution in [0.15, 0.2) is 12.1 Å². The first-order valence-corrected chi connectivity index (χ1v) is 7.62. The first-order chi connectivity index (χ1) is 9.65. The number of fused-ring (bicyclic) bond motifs is 1. The summed E-state index contributed by atoms with van der Waals surface area (Å²) in [5, 5.41) is 0. The highest BCUT2D eigenvalue weighted by atomic mass is 32.1. The summed E-state index contributed by atoms with van der Waals surface area (Å²) in [4.78, 5) is 2.99. The molecule has 106 valence electrons. The first kappa shape index (κ1) is 12.5. The van der Waals surface area contributed by atoms with E-state index in [4.69, 9.17) is 12.2 Å². The Labute approximate surface area is 120 Å². The minimum Gasteiger partial charge on any atom is -0.330 e. The molecule has 0 amide bonds. The van der Waals surface area contributed by atoms with Crippen LogP contribution in [0.5, 0.6) is 0 Å². The Balaban J connectivity index is 1.80. The van der Waals surface area contributed by atoms with Gasteiger partial charge in [-0.3, -0.25) is 0 Å². The van der Waals surface area contributed by atoms with Crippen molar-refractivity contribution in [3.8, 4) is 0 Å². The zero-order chi connectivity index (χ0) is 13.9. The summed E-state index contributed by atoms with van der Waals surface area (Å²) in [7, 11) is 0. The number of rotatable bonds is 4. The Bertz CT molecular complexity index is 713. The molecule has 1 heterocycles. The van der Waals surface area contributed by atoms with Crippen molar-refractivity contribution in [1.29, 1.82) is 0 Å². The maximum atomic E-state index is 14.1. The van der Waals surface area contributed by atoms with Crippen LogP contribution in [0.4, 0.5) is 8.78 Å². The standard InChI is InChI=1S/C15H16F2N2S/c16-11-5-6-12-14(13(11)17)19(15(20)18-12)7-10(8-1-2-8)9-3-4-9/h5-6,8-10H,1-4,7H2,(H,18,20). The monoisotopic (exact) mass is 294 g/mol. The number of nitrogens with zero attached hydrogens (tertiary/aromatic N) is 1. The topological polar surface area (TPSA) is 20.7 Å². The highest BCUT2D eigenvalue weighted by Gasteiger charge is 2.41. The first-order valence-electron chi connectivity index (χ1n) is 7.21. The fourth-order valence-corrected chi connectivity index (χ4v) is 3.58. The zero-order valence-electron chi connectivity index (χ0n) is 11.0. The molecule has 2 saturated carbocycles. The van der Waals surface area contributed by atoms with E-state index in [1.54, 1.807) is 10.6 Å². The molecule has 5 heteroatoms. The van der Waals surface area contributed by atoms with E-state index >= 15 is 0 Å². The van der Waals surface area contributed by atoms with E-state index < -0.39 is 11.6 Å². The van der Waals surface area contributed by atoms with Crippen LogP contribution in [-0.4, -0.2) is 9.55 Å². The van der Waals surface area contributed by atoms with E-state index in [1.165, 1.54) is 25.7 Å². The number of nitrogens with one attached hydrogen (secondary N) is 1. The summed E-state index contributed by atoms with van der Waals surface area (Å²) in [5.74, 6) is 0.482. The second kappa shape index (κ2) is 4.38. The van der Waals surface area contributed by atoms with Gasteiger partial charge in [-0.1, -0.05) is 0 Å². The third-order valence-corrected chi connectivity index (χ3v) is 5.00. The van der Waals surface area contributed by atoms with Crippen LogP contribution in [0.25, 0.3) is 11.0 Å². The predicted octanol–water partition coefficient (Wildman–Crippen LogP) is 4.41. The Morgan fingerprint density at radius 1 is 1.20 bits per heavy atom. The van der Waals surface area contributed by atoms with Crippen molar-refractivity contribution in [3.63, 3.8) is 0 Å². The number of hydrogen-bond donors (Lipinski definition) is 1. The highest BCUT2D eigenvalue weighted by Crippen LogP contribution is 2.50. The molecule has 2 aliphatic rings. The largest absolute Gasteiger partial charge is 0.330 e. The second-order valence-corrected chi connectivity index (χ2v) is 6.52. The average Bonchev–Trinajstić information content (AvgIpc) is 3.30. The van der Waals surface area contributed by atoms with Crippen LogP contribution in [0.3, 0.4) is 0 Å². The molecule has 4 rings (SSSR count). The van der Waals surface area contributed by atoms with E-state index in [9.17, 15) is 8.78 Å². The van der Waals surface area contributed by atoms with Gasteiger partial charge in [-0.05, 0) is 67.8 Å². The normalized spacial score (nSPS) is 19.1. The third-order valence-electron chi connectivity index (χ3n) is 4.67. The smallest absolute Gasteiger partial charge is 0.184 e. The Kier molecular flexibility index (Phi) is 2.74. The molecule has 2 aliphatic carbocycles. The maximum absolute atomic E-state index is 14.1. The molecule has 0 radical (unpaired) electrons. The molecule has 0 aliphatic heterocycles. The molecule has 0 spiro atoms. The summed E-state index contributed by atoms with van der Waals surface area (Å²) in [5.41, 5.74) is 0.876. The lowest BCUT2D eigenvalue weighted by atomic mass is 9.98. The van der Waals surface area contributed by atoms with Gasteiger partial charge in [-0.25, -0.2) is 8.78 Å². The fourth-order valence-electron chi connectivity index (χ4n) is 3.31. The van der Waals surface area contributed by atoms with Crippen LogP contribution in [0, 0.1) is 34.2 Å². The molecule has 0 saturated heterocycles. The lowest BCUT2D eigenvalue weighted by Crippen LogP contribution is -2.15. The number of aromatic nitrogens is 2. The minimum atomic E-state index is -0.811. The average molecular weight is 294 g/mol. The van der Waals surface area contributed by atoms with E-state index in [0.717, 1.165) is 17.9 Å². The van der Waals surface area contributed by atoms with E-state index in [-0.39, 0.29) is 0 Å². The van der Waals surface area contributed by atoms with Crippen LogP contribution in [0.2, 0.25) is 0 Å². The number of aromatic amines is 1. The summed E-state index contributed by atoms with van der Waals surface area (Å²) in [6, 6.07) is 2.70. The fraction of sp³-hybridized carbons (Fsp3) is 0.533. The lowest BCUT2D eigenvalue weighted by molar-refractivity contribution is 0.350. The summed E-state index contributed by atoms with van der Waals surface area (Å²) < 4.78 is 29.8. The van der Waals surface area contributed by atoms with Gasteiger partial charge in [0.15, 0.2) is 16.4 Å². The van der Waals surface area contributed by atoms with Crippen LogP contribution in [-0.2, 0) is 6.54 Å². The van der Waals surface area contributed by atoms with E-state index in [2.05, 4.69) is 4.98 Å². The van der Waals surface area contributed by atoms with Crippen molar-refractivity contribution >= 4 is 23.3 Å². The molecule has 0 atom stereocenters. The summed E-state index contributed by atoms with van der Waals surface area (Å²) in [6.45, 7) is 0.717. The molecule has 20 heavy (non-hydrogen) atoms. The van der Waals surface area contributed by atoms with E-state index in [0.29, 0.717) is 28.3 Å². The molecule has 1 aromatic heterocycles. The molecule has 2 aromatic rings. The van der Waals surface area contributed by atoms with Gasteiger partial charge in [-0.15, -0.1) is 0 Å². The van der Waals surface area contributed by atoms with Gasteiger partial charge in [0.25, 0.3) is 0 Å². The van der Waals surface area contributed by atoms with Crippen LogP contribution in [0.1, 0.15) is 25.7 Å². The van der Waals surface area contributed by atoms with Gasteiger partial charge in [0.2, 0.25) is 0 Å². The van der Waals surface area contributed by atoms with Gasteiger partial charge >= 0.3 is 0 Å². The minimum absolute atomic E-state index is 0.293. The highest BCUT2D eigenvalue weighted by molar-refractivity contribution is 7.71. The molecular formula is C15H16F2N2S. The summed E-state index contributed by atoms with van der Waals surface area (Å²) >= 11 is 5.31. The molecular weight excluding hydrogens is 278 g/mol. The third kappa shape index (κ3) is 1.99. The number of halogens is 2. The number of H-pyrrole nitrogens is 1. The Morgan fingerprint density at radius 2 is 1.85 bits per heavy atom. The van der Waals surface area contributed by atoms with Gasteiger partial charge < -0.3 is 9.55 Å². The lowest BCUT2D eigenvalue weighted by Gasteiger charge is -2.17. The molecule has 0 bridgehead atoms. The van der Waals surface area contributed by atoms with Crippen molar-refractivity contribution in [2.24, 2.45) is 17.8 Å². The van der Waals surface area contributed by atoms with Gasteiger partial charge in [-0.2, -0.15) is 0 Å². The molecule has 0 unspecified atom stereocenters. The predicted molar refractivity (Wildman–Crippen MR) is 76.0 cm³/mol. The molecule has 2 nitrogen and oxygen atoms in total. The Hall–Kier alpha value is -1.23. The number of hydrogen-bond acceptors (Lipinski definition) is 1. The summed E-state index contributed by atoms with van der Waals surface area (Å²) in [6.07, 6.45) is 5.09. The number of imidazole rings is 1. The van der Waals surface area contributed by atoms with Gasteiger partial charge in [0.1, 0.15) is 5.52 Å².